The fourth-order valence-corrected chi connectivity index (χ4v) is 4.74. The number of amides is 1. The van der Waals surface area contributed by atoms with Crippen LogP contribution in [0.4, 0.5) is 4.39 Å². The molecule has 1 unspecified atom stereocenters. The minimum absolute atomic E-state index is 0.0391. The zero-order valence-electron chi connectivity index (χ0n) is 17.1. The topological polar surface area (TPSA) is 66.8 Å². The van der Waals surface area contributed by atoms with Gasteiger partial charge in [-0.1, -0.05) is 43.0 Å². The van der Waals surface area contributed by atoms with E-state index in [1.165, 1.54) is 25.3 Å². The van der Waals surface area contributed by atoms with Crippen LogP contribution in [0.15, 0.2) is 48.0 Å². The molecule has 1 aliphatic heterocycles. The molecule has 31 heavy (non-hydrogen) atoms. The molecular formula is C24H23ClFNO4. The highest BCUT2D eigenvalue weighted by Crippen LogP contribution is 2.44. The van der Waals surface area contributed by atoms with Crippen LogP contribution in [0.5, 0.6) is 5.75 Å². The van der Waals surface area contributed by atoms with Gasteiger partial charge < -0.3 is 14.7 Å². The van der Waals surface area contributed by atoms with E-state index in [0.29, 0.717) is 16.3 Å². The van der Waals surface area contributed by atoms with Crippen LogP contribution < -0.4 is 4.74 Å². The number of aliphatic hydroxyl groups excluding tert-OH is 1. The Kier molecular flexibility index (Phi) is 6.01. The molecule has 2 aromatic carbocycles. The maximum atomic E-state index is 13.6. The van der Waals surface area contributed by atoms with E-state index in [-0.39, 0.29) is 22.9 Å². The number of methoxy groups -OCH3 is 1. The fourth-order valence-electron chi connectivity index (χ4n) is 4.57. The third-order valence-corrected chi connectivity index (χ3v) is 6.29. The summed E-state index contributed by atoms with van der Waals surface area (Å²) in [5.41, 5.74) is 0.750. The summed E-state index contributed by atoms with van der Waals surface area (Å²) in [6.07, 6.45) is 4.58. The highest BCUT2D eigenvalue weighted by Gasteiger charge is 2.49. The summed E-state index contributed by atoms with van der Waals surface area (Å²) >= 11 is 6.12. The lowest BCUT2D eigenvalue weighted by atomic mass is 9.91. The number of benzene rings is 2. The second-order valence-electron chi connectivity index (χ2n) is 7.89. The number of ketones is 1. The van der Waals surface area contributed by atoms with Gasteiger partial charge in [-0.3, -0.25) is 9.59 Å². The molecular weight excluding hydrogens is 421 g/mol. The second-order valence-corrected chi connectivity index (χ2v) is 8.33. The maximum absolute atomic E-state index is 13.6. The van der Waals surface area contributed by atoms with E-state index in [4.69, 9.17) is 16.3 Å². The van der Waals surface area contributed by atoms with Gasteiger partial charge in [-0.2, -0.15) is 0 Å². The Morgan fingerprint density at radius 1 is 1.10 bits per heavy atom. The highest BCUT2D eigenvalue weighted by atomic mass is 35.5. The average molecular weight is 444 g/mol. The average Bonchev–Trinajstić information content (AvgIpc) is 3.05. The molecule has 5 nitrogen and oxygen atoms in total. The van der Waals surface area contributed by atoms with Gasteiger partial charge in [0.25, 0.3) is 11.7 Å². The standard InChI is InChI=1S/C24H23ClFNO4/c1-31-19-12-9-15(25)13-18(19)22(28)20-21(14-7-10-16(26)11-8-14)27(24(30)23(20)29)17-5-3-2-4-6-17/h7-13,17,21,28H,2-6H2,1H3/b22-20+. The van der Waals surface area contributed by atoms with Crippen molar-refractivity contribution in [2.45, 2.75) is 44.2 Å². The molecule has 2 aliphatic rings. The van der Waals surface area contributed by atoms with Crippen LogP contribution in [-0.2, 0) is 9.59 Å². The molecule has 1 atom stereocenters. The number of aliphatic hydroxyl groups is 1. The molecule has 0 aromatic heterocycles. The molecule has 1 N–H and O–H groups in total. The number of likely N-dealkylation sites (tertiary alicyclic amines) is 1. The van der Waals surface area contributed by atoms with Gasteiger partial charge in [-0.15, -0.1) is 0 Å². The molecule has 162 valence electrons. The van der Waals surface area contributed by atoms with Crippen LogP contribution in [0.1, 0.15) is 49.3 Å². The zero-order chi connectivity index (χ0) is 22.1. The molecule has 0 bridgehead atoms. The van der Waals surface area contributed by atoms with Crippen molar-refractivity contribution in [3.63, 3.8) is 0 Å². The minimum atomic E-state index is -0.813. The number of halogens is 2. The van der Waals surface area contributed by atoms with Crippen molar-refractivity contribution in [2.75, 3.05) is 7.11 Å². The lowest BCUT2D eigenvalue weighted by Gasteiger charge is -2.35. The van der Waals surface area contributed by atoms with Gasteiger partial charge in [-0.25, -0.2) is 4.39 Å². The van der Waals surface area contributed by atoms with Gasteiger partial charge >= 0.3 is 0 Å². The molecule has 2 aromatic rings. The van der Waals surface area contributed by atoms with Crippen LogP contribution >= 0.6 is 11.6 Å². The summed E-state index contributed by atoms with van der Waals surface area (Å²) in [6, 6.07) is 9.42. The molecule has 0 spiro atoms. The fraction of sp³-hybridized carbons (Fsp3) is 0.333. The number of ether oxygens (including phenoxy) is 1. The van der Waals surface area contributed by atoms with E-state index in [2.05, 4.69) is 0 Å². The Bertz CT molecular complexity index is 1040. The Balaban J connectivity index is 1.91. The summed E-state index contributed by atoms with van der Waals surface area (Å²) in [5, 5.41) is 11.6. The first-order valence-corrected chi connectivity index (χ1v) is 10.7. The molecule has 1 amide bonds. The summed E-state index contributed by atoms with van der Waals surface area (Å²) in [5.74, 6) is -1.87. The lowest BCUT2D eigenvalue weighted by molar-refractivity contribution is -0.141. The summed E-state index contributed by atoms with van der Waals surface area (Å²) in [7, 11) is 1.44. The SMILES string of the molecule is COc1ccc(Cl)cc1/C(O)=C1\C(=O)C(=O)N(C2CCCCC2)C1c1ccc(F)cc1. The number of carbonyl (C=O) groups excluding carboxylic acids is 2. The Morgan fingerprint density at radius 3 is 2.42 bits per heavy atom. The molecule has 0 radical (unpaired) electrons. The van der Waals surface area contributed by atoms with Crippen LogP contribution in [-0.4, -0.2) is 34.8 Å². The van der Waals surface area contributed by atoms with Crippen LogP contribution in [0.2, 0.25) is 5.02 Å². The summed E-state index contributed by atoms with van der Waals surface area (Å²) in [6.45, 7) is 0. The molecule has 4 rings (SSSR count). The normalized spacial score (nSPS) is 21.5. The van der Waals surface area contributed by atoms with Crippen molar-refractivity contribution in [3.8, 4) is 5.75 Å². The monoisotopic (exact) mass is 443 g/mol. The first-order chi connectivity index (χ1) is 14.9. The number of nitrogens with zero attached hydrogens (tertiary/aromatic N) is 1. The van der Waals surface area contributed by atoms with Crippen molar-refractivity contribution < 1.29 is 23.8 Å². The summed E-state index contributed by atoms with van der Waals surface area (Å²) < 4.78 is 18.9. The third kappa shape index (κ3) is 3.92. The van der Waals surface area contributed by atoms with E-state index in [9.17, 15) is 19.1 Å². The van der Waals surface area contributed by atoms with Crippen molar-refractivity contribution in [1.82, 2.24) is 4.90 Å². The van der Waals surface area contributed by atoms with Gasteiger partial charge in [0, 0.05) is 11.1 Å². The molecule has 1 saturated heterocycles. The Hall–Kier alpha value is -2.86. The highest BCUT2D eigenvalue weighted by molar-refractivity contribution is 6.46. The van der Waals surface area contributed by atoms with Gasteiger partial charge in [0.2, 0.25) is 0 Å². The predicted octanol–water partition coefficient (Wildman–Crippen LogP) is 5.24. The molecule has 1 saturated carbocycles. The minimum Gasteiger partial charge on any atom is -0.507 e. The molecule has 2 fully saturated rings. The predicted molar refractivity (Wildman–Crippen MR) is 115 cm³/mol. The van der Waals surface area contributed by atoms with Crippen molar-refractivity contribution >= 4 is 29.1 Å². The third-order valence-electron chi connectivity index (χ3n) is 6.05. The molecule has 1 aliphatic carbocycles. The first-order valence-electron chi connectivity index (χ1n) is 10.3. The van der Waals surface area contributed by atoms with E-state index >= 15 is 0 Å². The van der Waals surface area contributed by atoms with Gasteiger partial charge in [0.1, 0.15) is 17.3 Å². The van der Waals surface area contributed by atoms with Gasteiger partial charge in [0.15, 0.2) is 0 Å². The second kappa shape index (κ2) is 8.71. The van der Waals surface area contributed by atoms with Crippen molar-refractivity contribution in [3.05, 3.63) is 70.0 Å². The van der Waals surface area contributed by atoms with E-state index in [1.54, 1.807) is 29.2 Å². The van der Waals surface area contributed by atoms with Crippen molar-refractivity contribution in [2.24, 2.45) is 0 Å². The largest absolute Gasteiger partial charge is 0.507 e. The number of rotatable bonds is 4. The maximum Gasteiger partial charge on any atom is 0.295 e. The molecule has 7 heteroatoms. The quantitative estimate of drug-likeness (QED) is 0.398. The number of hydrogen-bond acceptors (Lipinski definition) is 4. The number of Topliss-reactive ketones (excluding diaryl/α,β-unsaturated/α-hetero) is 1. The van der Waals surface area contributed by atoms with Crippen LogP contribution in [0, 0.1) is 5.82 Å². The van der Waals surface area contributed by atoms with Gasteiger partial charge in [-0.05, 0) is 48.7 Å². The smallest absolute Gasteiger partial charge is 0.295 e. The summed E-state index contributed by atoms with van der Waals surface area (Å²) in [4.78, 5) is 27.8. The van der Waals surface area contributed by atoms with E-state index < -0.39 is 23.5 Å². The van der Waals surface area contributed by atoms with E-state index in [1.807, 2.05) is 0 Å². The number of carbonyl (C=O) groups is 2. The Labute approximate surface area is 185 Å². The van der Waals surface area contributed by atoms with Gasteiger partial charge in [0.05, 0.1) is 24.3 Å². The molecule has 1 heterocycles. The lowest BCUT2D eigenvalue weighted by Crippen LogP contribution is -2.40. The van der Waals surface area contributed by atoms with Crippen LogP contribution in [0.3, 0.4) is 0 Å². The van der Waals surface area contributed by atoms with Crippen LogP contribution in [0.25, 0.3) is 5.76 Å². The Morgan fingerprint density at radius 2 is 1.77 bits per heavy atom. The number of hydrogen-bond donors (Lipinski definition) is 1. The first kappa shape index (κ1) is 21.4. The van der Waals surface area contributed by atoms with E-state index in [0.717, 1.165) is 32.1 Å². The van der Waals surface area contributed by atoms with Crippen molar-refractivity contribution in [1.29, 1.82) is 0 Å². The zero-order valence-corrected chi connectivity index (χ0v) is 17.9.